The molecule has 0 aromatic heterocycles. The Hall–Kier alpha value is -3.65. The number of ether oxygens (including phenoxy) is 1. The lowest BCUT2D eigenvalue weighted by Crippen LogP contribution is -2.38. The predicted molar refractivity (Wildman–Crippen MR) is 137 cm³/mol. The van der Waals surface area contributed by atoms with Gasteiger partial charge in [0.25, 0.3) is 10.0 Å². The molecule has 0 aliphatic heterocycles. The van der Waals surface area contributed by atoms with Gasteiger partial charge in [-0.3, -0.25) is 9.10 Å². The zero-order valence-corrected chi connectivity index (χ0v) is 21.2. The summed E-state index contributed by atoms with van der Waals surface area (Å²) in [5.74, 6) is -1.03. The van der Waals surface area contributed by atoms with E-state index in [1.165, 1.54) is 18.2 Å². The van der Waals surface area contributed by atoms with Crippen molar-refractivity contribution in [3.63, 3.8) is 0 Å². The fourth-order valence-electron chi connectivity index (χ4n) is 3.61. The molecule has 0 heterocycles. The van der Waals surface area contributed by atoms with Gasteiger partial charge in [-0.1, -0.05) is 48.9 Å². The topological polar surface area (TPSA) is 92.8 Å². The van der Waals surface area contributed by atoms with Crippen molar-refractivity contribution in [3.05, 3.63) is 89.0 Å². The van der Waals surface area contributed by atoms with Crippen LogP contribution in [0.4, 0.5) is 11.4 Å². The van der Waals surface area contributed by atoms with Crippen LogP contribution < -0.4 is 9.62 Å². The van der Waals surface area contributed by atoms with E-state index in [-0.39, 0.29) is 11.5 Å². The minimum Gasteiger partial charge on any atom is -0.462 e. The zero-order chi connectivity index (χ0) is 25.6. The fraction of sp³-hybridized carbons (Fsp3) is 0.259. The smallest absolute Gasteiger partial charge is 0.338 e. The summed E-state index contributed by atoms with van der Waals surface area (Å²) in [5.41, 5.74) is 3.62. The molecule has 184 valence electrons. The lowest BCUT2D eigenvalue weighted by atomic mass is 10.1. The van der Waals surface area contributed by atoms with Crippen LogP contribution in [0.2, 0.25) is 0 Å². The number of carbonyl (C=O) groups is 2. The minimum atomic E-state index is -4.03. The molecule has 0 atom stereocenters. The van der Waals surface area contributed by atoms with Gasteiger partial charge in [-0.25, -0.2) is 13.2 Å². The second-order valence-electron chi connectivity index (χ2n) is 8.11. The van der Waals surface area contributed by atoms with Gasteiger partial charge in [-0.2, -0.15) is 0 Å². The van der Waals surface area contributed by atoms with Gasteiger partial charge in [0.05, 0.1) is 22.8 Å². The largest absolute Gasteiger partial charge is 0.462 e. The number of hydrogen-bond donors (Lipinski definition) is 1. The third-order valence-corrected chi connectivity index (χ3v) is 7.33. The molecule has 3 rings (SSSR count). The minimum absolute atomic E-state index is 0.0993. The van der Waals surface area contributed by atoms with Gasteiger partial charge in [-0.15, -0.1) is 0 Å². The third-order valence-electron chi connectivity index (χ3n) is 5.56. The van der Waals surface area contributed by atoms with Gasteiger partial charge >= 0.3 is 5.97 Å². The Kier molecular flexibility index (Phi) is 8.30. The van der Waals surface area contributed by atoms with E-state index in [1.54, 1.807) is 50.2 Å². The van der Waals surface area contributed by atoms with Gasteiger partial charge in [0.2, 0.25) is 5.91 Å². The quantitative estimate of drug-likeness (QED) is 0.428. The first kappa shape index (κ1) is 26.0. The standard InChI is InChI=1S/C27H30N2O5S/c1-5-21-9-7-8-10-25(21)29(35(32,33)23-15-11-19(3)12-16-23)18-26(30)28-24-17-22(14-13-20(24)4)27(31)34-6-2/h7-17H,5-6,18H2,1-4H3,(H,28,30). The van der Waals surface area contributed by atoms with E-state index in [0.29, 0.717) is 23.4 Å². The maximum Gasteiger partial charge on any atom is 0.338 e. The Labute approximate surface area is 206 Å². The molecule has 8 heteroatoms. The van der Waals surface area contributed by atoms with Crippen LogP contribution in [0.15, 0.2) is 71.6 Å². The second kappa shape index (κ2) is 11.2. The predicted octanol–water partition coefficient (Wildman–Crippen LogP) is 4.88. The number of anilines is 2. The molecule has 1 N–H and O–H groups in total. The van der Waals surface area contributed by atoms with Crippen molar-refractivity contribution in [2.45, 2.75) is 39.0 Å². The average molecular weight is 495 g/mol. The normalized spacial score (nSPS) is 11.1. The Morgan fingerprint density at radius 2 is 1.63 bits per heavy atom. The van der Waals surface area contributed by atoms with Crippen molar-refractivity contribution >= 4 is 33.3 Å². The number of para-hydroxylation sites is 1. The van der Waals surface area contributed by atoms with Gasteiger partial charge in [0.1, 0.15) is 6.54 Å². The molecule has 0 aliphatic rings. The van der Waals surface area contributed by atoms with E-state index in [4.69, 9.17) is 4.74 Å². The van der Waals surface area contributed by atoms with Crippen molar-refractivity contribution in [1.29, 1.82) is 0 Å². The summed E-state index contributed by atoms with van der Waals surface area (Å²) in [6.45, 7) is 7.11. The SMILES string of the molecule is CCOC(=O)c1ccc(C)c(NC(=O)CN(c2ccccc2CC)S(=O)(=O)c2ccc(C)cc2)c1. The summed E-state index contributed by atoms with van der Waals surface area (Å²) in [6.07, 6.45) is 0.596. The number of nitrogens with zero attached hydrogens (tertiary/aromatic N) is 1. The van der Waals surface area contributed by atoms with Crippen molar-refractivity contribution in [2.24, 2.45) is 0 Å². The van der Waals surface area contributed by atoms with Crippen LogP contribution in [0.5, 0.6) is 0 Å². The molecule has 0 saturated carbocycles. The lowest BCUT2D eigenvalue weighted by Gasteiger charge is -2.26. The summed E-state index contributed by atoms with van der Waals surface area (Å²) >= 11 is 0. The number of amides is 1. The zero-order valence-electron chi connectivity index (χ0n) is 20.4. The number of esters is 1. The van der Waals surface area contributed by atoms with Crippen molar-refractivity contribution in [2.75, 3.05) is 22.8 Å². The van der Waals surface area contributed by atoms with Crippen LogP contribution in [0, 0.1) is 13.8 Å². The first-order valence-corrected chi connectivity index (χ1v) is 12.9. The van der Waals surface area contributed by atoms with Crippen molar-refractivity contribution in [1.82, 2.24) is 0 Å². The summed E-state index contributed by atoms with van der Waals surface area (Å²) < 4.78 is 33.5. The van der Waals surface area contributed by atoms with Crippen LogP contribution in [0.25, 0.3) is 0 Å². The first-order chi connectivity index (χ1) is 16.7. The van der Waals surface area contributed by atoms with Crippen molar-refractivity contribution < 1.29 is 22.7 Å². The number of benzene rings is 3. The van der Waals surface area contributed by atoms with E-state index in [2.05, 4.69) is 5.32 Å². The van der Waals surface area contributed by atoms with E-state index in [1.807, 2.05) is 26.0 Å². The van der Waals surface area contributed by atoms with E-state index in [0.717, 1.165) is 21.0 Å². The molecule has 0 unspecified atom stereocenters. The average Bonchev–Trinajstić information content (AvgIpc) is 2.84. The molecule has 0 aliphatic carbocycles. The number of nitrogens with one attached hydrogen (secondary N) is 1. The number of carbonyl (C=O) groups excluding carboxylic acids is 2. The molecule has 35 heavy (non-hydrogen) atoms. The first-order valence-electron chi connectivity index (χ1n) is 11.4. The Morgan fingerprint density at radius 3 is 2.29 bits per heavy atom. The summed E-state index contributed by atoms with van der Waals surface area (Å²) in [7, 11) is -4.03. The Morgan fingerprint density at radius 1 is 0.943 bits per heavy atom. The van der Waals surface area contributed by atoms with Gasteiger partial charge < -0.3 is 10.1 Å². The Balaban J connectivity index is 1.97. The third kappa shape index (κ3) is 6.08. The maximum absolute atomic E-state index is 13.7. The van der Waals surface area contributed by atoms with Crippen LogP contribution in [0.1, 0.15) is 40.9 Å². The molecule has 3 aromatic carbocycles. The fourth-order valence-corrected chi connectivity index (χ4v) is 5.07. The van der Waals surface area contributed by atoms with Crippen LogP contribution in [-0.4, -0.2) is 33.4 Å². The highest BCUT2D eigenvalue weighted by Crippen LogP contribution is 2.28. The van der Waals surface area contributed by atoms with Gasteiger partial charge in [0, 0.05) is 5.69 Å². The molecule has 7 nitrogen and oxygen atoms in total. The number of hydrogen-bond acceptors (Lipinski definition) is 5. The highest BCUT2D eigenvalue weighted by molar-refractivity contribution is 7.92. The monoisotopic (exact) mass is 494 g/mol. The lowest BCUT2D eigenvalue weighted by molar-refractivity contribution is -0.114. The molecule has 0 radical (unpaired) electrons. The molecular formula is C27H30N2O5S. The van der Waals surface area contributed by atoms with Gasteiger partial charge in [-0.05, 0) is 68.7 Å². The summed E-state index contributed by atoms with van der Waals surface area (Å²) in [5, 5.41) is 2.77. The molecule has 0 bridgehead atoms. The van der Waals surface area contributed by atoms with Gasteiger partial charge in [0.15, 0.2) is 0 Å². The maximum atomic E-state index is 13.7. The molecule has 0 saturated heterocycles. The second-order valence-corrected chi connectivity index (χ2v) is 9.97. The number of sulfonamides is 1. The molecule has 3 aromatic rings. The van der Waals surface area contributed by atoms with Crippen LogP contribution in [-0.2, 0) is 26.0 Å². The van der Waals surface area contributed by atoms with Crippen molar-refractivity contribution in [3.8, 4) is 0 Å². The molecule has 1 amide bonds. The van der Waals surface area contributed by atoms with Crippen LogP contribution >= 0.6 is 0 Å². The molecular weight excluding hydrogens is 464 g/mol. The number of aryl methyl sites for hydroxylation is 3. The highest BCUT2D eigenvalue weighted by atomic mass is 32.2. The number of rotatable bonds is 9. The molecule has 0 spiro atoms. The summed E-state index contributed by atoms with van der Waals surface area (Å²) in [4.78, 5) is 25.4. The summed E-state index contributed by atoms with van der Waals surface area (Å²) in [6, 6.07) is 18.5. The Bertz CT molecular complexity index is 1320. The van der Waals surface area contributed by atoms with E-state index in [9.17, 15) is 18.0 Å². The van der Waals surface area contributed by atoms with E-state index >= 15 is 0 Å². The highest BCUT2D eigenvalue weighted by Gasteiger charge is 2.28. The van der Waals surface area contributed by atoms with E-state index < -0.39 is 28.4 Å². The molecule has 0 fully saturated rings. The van der Waals surface area contributed by atoms with Crippen LogP contribution in [0.3, 0.4) is 0 Å².